The second-order valence-electron chi connectivity index (χ2n) is 3.00. The molecule has 0 N–H and O–H groups in total. The number of ether oxygens (including phenoxy) is 2. The van der Waals surface area contributed by atoms with E-state index in [1.165, 1.54) is 0 Å². The predicted octanol–water partition coefficient (Wildman–Crippen LogP) is 2.22. The van der Waals surface area contributed by atoms with E-state index in [0.717, 1.165) is 6.42 Å². The van der Waals surface area contributed by atoms with E-state index in [1.807, 2.05) is 13.8 Å². The Bertz CT molecular complexity index is 93.6. The van der Waals surface area contributed by atoms with Crippen LogP contribution in [0.1, 0.15) is 34.1 Å². The van der Waals surface area contributed by atoms with Gasteiger partial charge in [0.2, 0.25) is 0 Å². The molecule has 0 aliphatic heterocycles. The van der Waals surface area contributed by atoms with Crippen LogP contribution in [0.2, 0.25) is 0 Å². The molecule has 0 aromatic carbocycles. The summed E-state index contributed by atoms with van der Waals surface area (Å²) in [6, 6.07) is 0. The van der Waals surface area contributed by atoms with Crippen molar-refractivity contribution < 1.29 is 9.47 Å². The van der Waals surface area contributed by atoms with E-state index < -0.39 is 0 Å². The third-order valence-corrected chi connectivity index (χ3v) is 2.05. The maximum absolute atomic E-state index is 5.63. The fraction of sp³-hybridized carbons (Fsp3) is 1.00. The SMILES string of the molecule is CCC(C)OC(C)C(C)OC. The second kappa shape index (κ2) is 5.56. The highest BCUT2D eigenvalue weighted by atomic mass is 16.5. The summed E-state index contributed by atoms with van der Waals surface area (Å²) in [6.07, 6.45) is 1.77. The van der Waals surface area contributed by atoms with Gasteiger partial charge in [-0.25, -0.2) is 0 Å². The Morgan fingerprint density at radius 2 is 1.64 bits per heavy atom. The van der Waals surface area contributed by atoms with Crippen LogP contribution in [0.15, 0.2) is 0 Å². The van der Waals surface area contributed by atoms with Gasteiger partial charge in [-0.2, -0.15) is 0 Å². The Kier molecular flexibility index (Phi) is 5.51. The minimum atomic E-state index is 0.184. The number of hydrogen-bond donors (Lipinski definition) is 0. The van der Waals surface area contributed by atoms with E-state index in [9.17, 15) is 0 Å². The molecule has 0 amide bonds. The Labute approximate surface area is 69.9 Å². The Morgan fingerprint density at radius 1 is 1.09 bits per heavy atom. The Morgan fingerprint density at radius 3 is 2.00 bits per heavy atom. The molecule has 2 nitrogen and oxygen atoms in total. The average Bonchev–Trinajstić information content (AvgIpc) is 2.02. The van der Waals surface area contributed by atoms with Crippen molar-refractivity contribution in [3.8, 4) is 0 Å². The number of methoxy groups -OCH3 is 1. The lowest BCUT2D eigenvalue weighted by Crippen LogP contribution is -2.28. The monoisotopic (exact) mass is 160 g/mol. The van der Waals surface area contributed by atoms with Crippen molar-refractivity contribution in [2.24, 2.45) is 0 Å². The summed E-state index contributed by atoms with van der Waals surface area (Å²) in [6.45, 7) is 8.26. The minimum Gasteiger partial charge on any atom is -0.379 e. The average molecular weight is 160 g/mol. The molecule has 3 unspecified atom stereocenters. The van der Waals surface area contributed by atoms with Gasteiger partial charge in [-0.3, -0.25) is 0 Å². The second-order valence-corrected chi connectivity index (χ2v) is 3.00. The summed E-state index contributed by atoms with van der Waals surface area (Å²) in [5.74, 6) is 0. The lowest BCUT2D eigenvalue weighted by molar-refractivity contribution is -0.0693. The van der Waals surface area contributed by atoms with Crippen molar-refractivity contribution in [2.75, 3.05) is 7.11 Å². The zero-order valence-corrected chi connectivity index (χ0v) is 8.26. The molecule has 0 saturated heterocycles. The zero-order valence-electron chi connectivity index (χ0n) is 8.26. The van der Waals surface area contributed by atoms with Crippen molar-refractivity contribution >= 4 is 0 Å². The van der Waals surface area contributed by atoms with Crippen LogP contribution in [0.5, 0.6) is 0 Å². The topological polar surface area (TPSA) is 18.5 Å². The van der Waals surface area contributed by atoms with Crippen LogP contribution in [0.25, 0.3) is 0 Å². The van der Waals surface area contributed by atoms with E-state index in [2.05, 4.69) is 13.8 Å². The van der Waals surface area contributed by atoms with Gasteiger partial charge >= 0.3 is 0 Å². The highest BCUT2D eigenvalue weighted by Crippen LogP contribution is 2.06. The molecule has 0 radical (unpaired) electrons. The number of rotatable bonds is 5. The highest BCUT2D eigenvalue weighted by Gasteiger charge is 2.13. The van der Waals surface area contributed by atoms with Gasteiger partial charge in [0.25, 0.3) is 0 Å². The molecule has 68 valence electrons. The largest absolute Gasteiger partial charge is 0.379 e. The zero-order chi connectivity index (χ0) is 8.85. The first kappa shape index (κ1) is 10.9. The molecule has 0 aromatic rings. The smallest absolute Gasteiger partial charge is 0.0809 e. The van der Waals surface area contributed by atoms with Crippen LogP contribution in [-0.2, 0) is 9.47 Å². The Balaban J connectivity index is 3.58. The van der Waals surface area contributed by atoms with Gasteiger partial charge < -0.3 is 9.47 Å². The van der Waals surface area contributed by atoms with Gasteiger partial charge in [0.15, 0.2) is 0 Å². The molecule has 0 bridgehead atoms. The van der Waals surface area contributed by atoms with Crippen molar-refractivity contribution in [3.63, 3.8) is 0 Å². The van der Waals surface area contributed by atoms with E-state index in [4.69, 9.17) is 9.47 Å². The quantitative estimate of drug-likeness (QED) is 0.614. The highest BCUT2D eigenvalue weighted by molar-refractivity contribution is 4.61. The van der Waals surface area contributed by atoms with E-state index >= 15 is 0 Å². The van der Waals surface area contributed by atoms with Gasteiger partial charge in [0, 0.05) is 7.11 Å². The summed E-state index contributed by atoms with van der Waals surface area (Å²) in [5.41, 5.74) is 0. The molecule has 0 aliphatic carbocycles. The third-order valence-electron chi connectivity index (χ3n) is 2.05. The van der Waals surface area contributed by atoms with Crippen molar-refractivity contribution in [2.45, 2.75) is 52.4 Å². The number of hydrogen-bond acceptors (Lipinski definition) is 2. The third kappa shape index (κ3) is 4.38. The van der Waals surface area contributed by atoms with Crippen molar-refractivity contribution in [3.05, 3.63) is 0 Å². The molecule has 0 heterocycles. The molecule has 0 fully saturated rings. The van der Waals surface area contributed by atoms with Crippen LogP contribution in [-0.4, -0.2) is 25.4 Å². The lowest BCUT2D eigenvalue weighted by Gasteiger charge is -2.22. The first-order chi connectivity index (χ1) is 5.11. The van der Waals surface area contributed by atoms with Gasteiger partial charge in [0.05, 0.1) is 18.3 Å². The minimum absolute atomic E-state index is 0.184. The summed E-state index contributed by atoms with van der Waals surface area (Å²) in [4.78, 5) is 0. The molecule has 0 saturated carbocycles. The molecule has 0 rings (SSSR count). The van der Waals surface area contributed by atoms with E-state index in [-0.39, 0.29) is 12.2 Å². The molecule has 3 atom stereocenters. The van der Waals surface area contributed by atoms with Crippen molar-refractivity contribution in [1.29, 1.82) is 0 Å². The standard InChI is InChI=1S/C9H20O2/c1-6-7(2)11-9(4)8(3)10-5/h7-9H,6H2,1-5H3. The van der Waals surface area contributed by atoms with Crippen LogP contribution >= 0.6 is 0 Å². The normalized spacial score (nSPS) is 19.4. The predicted molar refractivity (Wildman–Crippen MR) is 46.8 cm³/mol. The fourth-order valence-electron chi connectivity index (χ4n) is 0.765. The van der Waals surface area contributed by atoms with Crippen LogP contribution in [0, 0.1) is 0 Å². The van der Waals surface area contributed by atoms with E-state index in [0.29, 0.717) is 6.10 Å². The van der Waals surface area contributed by atoms with Crippen LogP contribution in [0.3, 0.4) is 0 Å². The van der Waals surface area contributed by atoms with Crippen molar-refractivity contribution in [1.82, 2.24) is 0 Å². The molecule has 2 heteroatoms. The lowest BCUT2D eigenvalue weighted by atomic mass is 10.2. The van der Waals surface area contributed by atoms with Gasteiger partial charge in [-0.1, -0.05) is 6.92 Å². The maximum atomic E-state index is 5.63. The maximum Gasteiger partial charge on any atom is 0.0809 e. The summed E-state index contributed by atoms with van der Waals surface area (Å²) in [5, 5.41) is 0. The van der Waals surface area contributed by atoms with Crippen LogP contribution < -0.4 is 0 Å². The molecule has 11 heavy (non-hydrogen) atoms. The first-order valence-corrected chi connectivity index (χ1v) is 4.30. The summed E-state index contributed by atoms with van der Waals surface area (Å²) in [7, 11) is 1.71. The van der Waals surface area contributed by atoms with Gasteiger partial charge in [-0.15, -0.1) is 0 Å². The first-order valence-electron chi connectivity index (χ1n) is 4.30. The Hall–Kier alpha value is -0.0800. The van der Waals surface area contributed by atoms with Gasteiger partial charge in [-0.05, 0) is 27.2 Å². The fourth-order valence-corrected chi connectivity index (χ4v) is 0.765. The summed E-state index contributed by atoms with van der Waals surface area (Å²) >= 11 is 0. The molecule has 0 aliphatic rings. The molecule has 0 aromatic heterocycles. The molecule has 0 spiro atoms. The van der Waals surface area contributed by atoms with Gasteiger partial charge in [0.1, 0.15) is 0 Å². The van der Waals surface area contributed by atoms with Crippen LogP contribution in [0.4, 0.5) is 0 Å². The molecular weight excluding hydrogens is 140 g/mol. The summed E-state index contributed by atoms with van der Waals surface area (Å²) < 4.78 is 10.8. The molecular formula is C9H20O2. The van der Waals surface area contributed by atoms with E-state index in [1.54, 1.807) is 7.11 Å².